The van der Waals surface area contributed by atoms with Gasteiger partial charge >= 0.3 is 11.8 Å². The largest absolute Gasteiger partial charge is 0.444 e. The fourth-order valence-electron chi connectivity index (χ4n) is 2.49. The molecule has 9 nitrogen and oxygen atoms in total. The fraction of sp³-hybridized carbons (Fsp3) is 0.500. The van der Waals surface area contributed by atoms with Crippen molar-refractivity contribution in [1.82, 2.24) is 19.9 Å². The molecule has 0 aliphatic rings. The Labute approximate surface area is 162 Å². The lowest BCUT2D eigenvalue weighted by atomic mass is 10.0. The van der Waals surface area contributed by atoms with Crippen LogP contribution in [0.4, 0.5) is 14.9 Å². The van der Waals surface area contributed by atoms with Crippen molar-refractivity contribution in [3.63, 3.8) is 0 Å². The molecule has 10 heteroatoms. The number of aromatic nitrogens is 3. The molecule has 28 heavy (non-hydrogen) atoms. The molecular formula is C18H24FN5O4. The van der Waals surface area contributed by atoms with Crippen LogP contribution in [0.15, 0.2) is 18.2 Å². The monoisotopic (exact) mass is 393 g/mol. The third-order valence-corrected chi connectivity index (χ3v) is 4.05. The van der Waals surface area contributed by atoms with E-state index in [0.29, 0.717) is 12.2 Å². The zero-order chi connectivity index (χ0) is 21.2. The zero-order valence-corrected chi connectivity index (χ0v) is 16.8. The van der Waals surface area contributed by atoms with E-state index in [1.165, 1.54) is 28.9 Å². The number of ether oxygens (including phenoxy) is 1. The lowest BCUT2D eigenvalue weighted by Crippen LogP contribution is -2.36. The molecule has 0 spiro atoms. The van der Waals surface area contributed by atoms with E-state index < -0.39 is 34.2 Å². The molecule has 1 atom stereocenters. The normalized spacial score (nSPS) is 12.5. The summed E-state index contributed by atoms with van der Waals surface area (Å²) in [4.78, 5) is 25.3. The predicted molar refractivity (Wildman–Crippen MR) is 100 cm³/mol. The average molecular weight is 393 g/mol. The number of hydrogen-bond donors (Lipinski definition) is 0. The third kappa shape index (κ3) is 4.44. The first kappa shape index (κ1) is 21.3. The molecule has 1 heterocycles. The Morgan fingerprint density at radius 3 is 2.57 bits per heavy atom. The van der Waals surface area contributed by atoms with Crippen LogP contribution >= 0.6 is 0 Å². The molecule has 2 aromatic rings. The highest BCUT2D eigenvalue weighted by Gasteiger charge is 2.30. The van der Waals surface area contributed by atoms with Crippen molar-refractivity contribution in [3.05, 3.63) is 39.8 Å². The van der Waals surface area contributed by atoms with Gasteiger partial charge in [0, 0.05) is 18.7 Å². The number of nitro groups is 1. The molecule has 1 aromatic carbocycles. The van der Waals surface area contributed by atoms with Gasteiger partial charge in [0.25, 0.3) is 0 Å². The topological polar surface area (TPSA) is 103 Å². The van der Waals surface area contributed by atoms with Crippen LogP contribution in [-0.4, -0.2) is 43.6 Å². The summed E-state index contributed by atoms with van der Waals surface area (Å²) in [5.74, 6) is -0.996. The second kappa shape index (κ2) is 7.91. The van der Waals surface area contributed by atoms with Crippen LogP contribution in [0.1, 0.15) is 46.4 Å². The van der Waals surface area contributed by atoms with Crippen LogP contribution in [0.5, 0.6) is 0 Å². The summed E-state index contributed by atoms with van der Waals surface area (Å²) in [6.07, 6.45) is -0.573. The molecule has 1 aromatic heterocycles. The Morgan fingerprint density at radius 2 is 2.04 bits per heavy atom. The number of carbonyl (C=O) groups excluding carboxylic acids is 1. The van der Waals surface area contributed by atoms with Crippen molar-refractivity contribution >= 4 is 11.8 Å². The maximum atomic E-state index is 14.7. The lowest BCUT2D eigenvalue weighted by Gasteiger charge is -2.28. The van der Waals surface area contributed by atoms with Crippen molar-refractivity contribution < 1.29 is 18.8 Å². The second-order valence-electron chi connectivity index (χ2n) is 7.29. The highest BCUT2D eigenvalue weighted by molar-refractivity contribution is 5.70. The number of carbonyl (C=O) groups is 1. The van der Waals surface area contributed by atoms with Gasteiger partial charge in [-0.15, -0.1) is 0 Å². The van der Waals surface area contributed by atoms with Gasteiger partial charge in [0.05, 0.1) is 17.5 Å². The van der Waals surface area contributed by atoms with Crippen LogP contribution in [-0.2, 0) is 11.3 Å². The quantitative estimate of drug-likeness (QED) is 0.563. The average Bonchev–Trinajstić information content (AvgIpc) is 3.03. The Bertz CT molecular complexity index is 891. The van der Waals surface area contributed by atoms with Gasteiger partial charge in [-0.1, -0.05) is 6.07 Å². The standard InChI is InChI=1S/C18H24FN5O4/c1-7-23-20-15(11(2)22(6)17(25)28-18(3,4)5)16(21-23)12-9-8-10-13(14(12)19)24(26)27/h8-11H,7H2,1-6H3. The summed E-state index contributed by atoms with van der Waals surface area (Å²) in [6.45, 7) is 9.17. The van der Waals surface area contributed by atoms with Crippen molar-refractivity contribution in [2.45, 2.75) is 52.8 Å². The summed E-state index contributed by atoms with van der Waals surface area (Å²) < 4.78 is 20.1. The molecule has 1 amide bonds. The van der Waals surface area contributed by atoms with Crippen LogP contribution in [0.3, 0.4) is 0 Å². The van der Waals surface area contributed by atoms with E-state index in [2.05, 4.69) is 10.2 Å². The Hall–Kier alpha value is -3.04. The van der Waals surface area contributed by atoms with Gasteiger partial charge in [0.15, 0.2) is 0 Å². The van der Waals surface area contributed by atoms with E-state index in [1.807, 2.05) is 0 Å². The van der Waals surface area contributed by atoms with Gasteiger partial charge in [-0.25, -0.2) is 4.79 Å². The fourth-order valence-corrected chi connectivity index (χ4v) is 2.49. The molecule has 0 aliphatic carbocycles. The third-order valence-electron chi connectivity index (χ3n) is 4.05. The van der Waals surface area contributed by atoms with Crippen LogP contribution in [0, 0.1) is 15.9 Å². The van der Waals surface area contributed by atoms with Crippen LogP contribution in [0.2, 0.25) is 0 Å². The first-order chi connectivity index (χ1) is 13.0. The maximum absolute atomic E-state index is 14.7. The smallest absolute Gasteiger partial charge is 0.410 e. The number of amides is 1. The number of benzene rings is 1. The summed E-state index contributed by atoms with van der Waals surface area (Å²) in [5, 5.41) is 19.7. The summed E-state index contributed by atoms with van der Waals surface area (Å²) in [5.41, 5.74) is -0.919. The molecule has 0 fully saturated rings. The number of hydrogen-bond acceptors (Lipinski definition) is 6. The van der Waals surface area contributed by atoms with Gasteiger partial charge in [0.2, 0.25) is 5.82 Å². The molecular weight excluding hydrogens is 369 g/mol. The van der Waals surface area contributed by atoms with Gasteiger partial charge in [-0.3, -0.25) is 10.1 Å². The Morgan fingerprint density at radius 1 is 1.39 bits per heavy atom. The van der Waals surface area contributed by atoms with Crippen molar-refractivity contribution in [3.8, 4) is 11.3 Å². The lowest BCUT2D eigenvalue weighted by molar-refractivity contribution is -0.387. The predicted octanol–water partition coefficient (Wildman–Crippen LogP) is 3.94. The second-order valence-corrected chi connectivity index (χ2v) is 7.29. The highest BCUT2D eigenvalue weighted by Crippen LogP contribution is 2.33. The van der Waals surface area contributed by atoms with Gasteiger partial charge in [-0.2, -0.15) is 19.4 Å². The van der Waals surface area contributed by atoms with E-state index in [9.17, 15) is 19.3 Å². The molecule has 0 radical (unpaired) electrons. The zero-order valence-electron chi connectivity index (χ0n) is 16.8. The van der Waals surface area contributed by atoms with Crippen molar-refractivity contribution in [1.29, 1.82) is 0 Å². The van der Waals surface area contributed by atoms with E-state index in [4.69, 9.17) is 4.74 Å². The number of rotatable bonds is 5. The highest BCUT2D eigenvalue weighted by atomic mass is 19.1. The number of aryl methyl sites for hydroxylation is 1. The van der Waals surface area contributed by atoms with E-state index in [0.717, 1.165) is 6.07 Å². The SMILES string of the molecule is CCn1nc(-c2cccc([N+](=O)[O-])c2F)c(C(C)N(C)C(=O)OC(C)(C)C)n1. The van der Waals surface area contributed by atoms with Gasteiger partial charge < -0.3 is 9.64 Å². The maximum Gasteiger partial charge on any atom is 0.410 e. The molecule has 0 bridgehead atoms. The van der Waals surface area contributed by atoms with Crippen molar-refractivity contribution in [2.24, 2.45) is 0 Å². The molecule has 2 rings (SSSR count). The summed E-state index contributed by atoms with van der Waals surface area (Å²) in [7, 11) is 1.54. The Balaban J connectivity index is 2.50. The minimum Gasteiger partial charge on any atom is -0.444 e. The summed E-state index contributed by atoms with van der Waals surface area (Å²) >= 11 is 0. The van der Waals surface area contributed by atoms with Crippen LogP contribution < -0.4 is 0 Å². The number of nitro benzene ring substituents is 1. The molecule has 1 unspecified atom stereocenters. The molecule has 152 valence electrons. The molecule has 0 saturated heterocycles. The number of nitrogens with zero attached hydrogens (tertiary/aromatic N) is 5. The minimum absolute atomic E-state index is 0.0478. The molecule has 0 aliphatic heterocycles. The van der Waals surface area contributed by atoms with Crippen molar-refractivity contribution in [2.75, 3.05) is 7.05 Å². The summed E-state index contributed by atoms with van der Waals surface area (Å²) in [6, 6.07) is 3.26. The minimum atomic E-state index is -0.996. The van der Waals surface area contributed by atoms with E-state index >= 15 is 0 Å². The molecule has 0 saturated carbocycles. The van der Waals surface area contributed by atoms with Crippen LogP contribution in [0.25, 0.3) is 11.3 Å². The van der Waals surface area contributed by atoms with Gasteiger partial charge in [-0.05, 0) is 40.7 Å². The van der Waals surface area contributed by atoms with E-state index in [-0.39, 0.29) is 11.3 Å². The van der Waals surface area contributed by atoms with Gasteiger partial charge in [0.1, 0.15) is 17.0 Å². The first-order valence-corrected chi connectivity index (χ1v) is 8.80. The Kier molecular flexibility index (Phi) is 6.01. The number of halogens is 1. The van der Waals surface area contributed by atoms with E-state index in [1.54, 1.807) is 34.6 Å². The molecule has 0 N–H and O–H groups in total. The first-order valence-electron chi connectivity index (χ1n) is 8.80.